The Morgan fingerprint density at radius 2 is 1.65 bits per heavy atom. The quantitative estimate of drug-likeness (QED) is 0.598. The smallest absolute Gasteiger partial charge is 0.315 e. The zero-order chi connectivity index (χ0) is 12.1. The summed E-state index contributed by atoms with van der Waals surface area (Å²) in [7, 11) is 0. The van der Waals surface area contributed by atoms with Crippen molar-refractivity contribution in [2.75, 3.05) is 0 Å². The second-order valence-corrected chi connectivity index (χ2v) is 3.59. The summed E-state index contributed by atoms with van der Waals surface area (Å²) in [5.74, 6) is -0.358. The Morgan fingerprint density at radius 3 is 2.29 bits per heavy atom. The molecule has 0 bridgehead atoms. The lowest BCUT2D eigenvalue weighted by atomic mass is 10.2. The number of hydrogen-bond donors (Lipinski definition) is 0. The molecular weight excluding hydrogens is 219 g/mol. The van der Waals surface area contributed by atoms with Crippen molar-refractivity contribution in [3.05, 3.63) is 66.0 Å². The molecule has 0 aliphatic heterocycles. The lowest BCUT2D eigenvalue weighted by Gasteiger charge is -2.04. The van der Waals surface area contributed by atoms with Crippen molar-refractivity contribution in [3.63, 3.8) is 0 Å². The molecule has 0 saturated carbocycles. The molecule has 0 aliphatic rings. The summed E-state index contributed by atoms with van der Waals surface area (Å²) in [6.07, 6.45) is 0.207. The third-order valence-corrected chi connectivity index (χ3v) is 2.24. The van der Waals surface area contributed by atoms with E-state index in [9.17, 15) is 9.18 Å². The van der Waals surface area contributed by atoms with Crippen LogP contribution in [0.5, 0.6) is 5.75 Å². The Bertz CT molecular complexity index is 491. The molecular formula is C14H11FO2. The molecule has 2 rings (SSSR count). The zero-order valence-corrected chi connectivity index (χ0v) is 9.10. The number of carbonyl (C=O) groups excluding carboxylic acids is 1. The van der Waals surface area contributed by atoms with Gasteiger partial charge in [-0.15, -0.1) is 0 Å². The normalized spacial score (nSPS) is 9.94. The third-order valence-electron chi connectivity index (χ3n) is 2.24. The highest BCUT2D eigenvalue weighted by Gasteiger charge is 2.05. The van der Waals surface area contributed by atoms with Crippen LogP contribution in [0.3, 0.4) is 0 Å². The third kappa shape index (κ3) is 3.41. The van der Waals surface area contributed by atoms with E-state index in [2.05, 4.69) is 0 Å². The van der Waals surface area contributed by atoms with E-state index in [1.807, 2.05) is 30.3 Å². The maximum absolute atomic E-state index is 12.6. The Kier molecular flexibility index (Phi) is 3.50. The van der Waals surface area contributed by atoms with Crippen LogP contribution < -0.4 is 4.74 Å². The Hall–Kier alpha value is -2.16. The minimum Gasteiger partial charge on any atom is -0.426 e. The zero-order valence-electron chi connectivity index (χ0n) is 9.10. The van der Waals surface area contributed by atoms with Crippen LogP contribution in [0.2, 0.25) is 0 Å². The molecule has 0 radical (unpaired) electrons. The number of ether oxygens (including phenoxy) is 1. The van der Waals surface area contributed by atoms with E-state index in [0.717, 1.165) is 5.56 Å². The minimum absolute atomic E-state index is 0.207. The largest absolute Gasteiger partial charge is 0.426 e. The van der Waals surface area contributed by atoms with Gasteiger partial charge in [0.05, 0.1) is 6.42 Å². The predicted octanol–water partition coefficient (Wildman–Crippen LogP) is 2.97. The van der Waals surface area contributed by atoms with E-state index in [4.69, 9.17) is 4.74 Å². The van der Waals surface area contributed by atoms with Crippen molar-refractivity contribution in [2.24, 2.45) is 0 Å². The van der Waals surface area contributed by atoms with Gasteiger partial charge in [0.1, 0.15) is 11.6 Å². The number of halogens is 1. The summed E-state index contributed by atoms with van der Waals surface area (Å²) in [6.45, 7) is 0. The van der Waals surface area contributed by atoms with Crippen molar-refractivity contribution < 1.29 is 13.9 Å². The van der Waals surface area contributed by atoms with Crippen LogP contribution in [0, 0.1) is 5.82 Å². The van der Waals surface area contributed by atoms with Crippen molar-refractivity contribution in [3.8, 4) is 5.75 Å². The molecule has 0 aliphatic carbocycles. The van der Waals surface area contributed by atoms with Gasteiger partial charge in [0.15, 0.2) is 0 Å². The van der Waals surface area contributed by atoms with E-state index >= 15 is 0 Å². The van der Waals surface area contributed by atoms with Crippen LogP contribution in [0.15, 0.2) is 54.6 Å². The molecule has 0 aromatic heterocycles. The number of hydrogen-bond acceptors (Lipinski definition) is 2. The molecule has 2 nitrogen and oxygen atoms in total. The standard InChI is InChI=1S/C14H11FO2/c15-12-6-8-13(9-7-12)17-14(16)10-11-4-2-1-3-5-11/h1-9H,10H2. The van der Waals surface area contributed by atoms with Gasteiger partial charge >= 0.3 is 5.97 Å². The highest BCUT2D eigenvalue weighted by Crippen LogP contribution is 2.12. The summed E-state index contributed by atoms with van der Waals surface area (Å²) in [4.78, 5) is 11.6. The average Bonchev–Trinajstić information content (AvgIpc) is 2.33. The minimum atomic E-state index is -0.359. The molecule has 2 aromatic carbocycles. The maximum Gasteiger partial charge on any atom is 0.315 e. The topological polar surface area (TPSA) is 26.3 Å². The first kappa shape index (κ1) is 11.3. The molecule has 0 amide bonds. The lowest BCUT2D eigenvalue weighted by Crippen LogP contribution is -2.11. The number of esters is 1. The number of benzene rings is 2. The Morgan fingerprint density at radius 1 is 1.00 bits per heavy atom. The van der Waals surface area contributed by atoms with Gasteiger partial charge < -0.3 is 4.74 Å². The van der Waals surface area contributed by atoms with Gasteiger partial charge in [-0.1, -0.05) is 30.3 Å². The number of carbonyl (C=O) groups is 1. The molecule has 86 valence electrons. The second kappa shape index (κ2) is 5.25. The molecule has 17 heavy (non-hydrogen) atoms. The molecule has 3 heteroatoms. The molecule has 2 aromatic rings. The van der Waals surface area contributed by atoms with Gasteiger partial charge in [0, 0.05) is 0 Å². The van der Waals surface area contributed by atoms with E-state index in [0.29, 0.717) is 5.75 Å². The van der Waals surface area contributed by atoms with Gasteiger partial charge in [-0.2, -0.15) is 0 Å². The van der Waals surface area contributed by atoms with E-state index in [1.165, 1.54) is 24.3 Å². The molecule has 0 saturated heterocycles. The fourth-order valence-corrected chi connectivity index (χ4v) is 1.43. The summed E-state index contributed by atoms with van der Waals surface area (Å²) in [5.41, 5.74) is 0.889. The first-order valence-electron chi connectivity index (χ1n) is 5.24. The molecule has 0 fully saturated rings. The van der Waals surface area contributed by atoms with Crippen molar-refractivity contribution in [1.29, 1.82) is 0 Å². The van der Waals surface area contributed by atoms with Crippen LogP contribution in [0.1, 0.15) is 5.56 Å². The summed E-state index contributed by atoms with van der Waals surface area (Å²) in [5, 5.41) is 0. The Labute approximate surface area is 98.7 Å². The fourth-order valence-electron chi connectivity index (χ4n) is 1.43. The highest BCUT2D eigenvalue weighted by molar-refractivity contribution is 5.75. The van der Waals surface area contributed by atoms with Gasteiger partial charge in [-0.05, 0) is 29.8 Å². The molecule has 0 spiro atoms. The summed E-state index contributed by atoms with van der Waals surface area (Å²) in [6, 6.07) is 14.7. The van der Waals surface area contributed by atoms with Crippen molar-refractivity contribution >= 4 is 5.97 Å². The first-order valence-corrected chi connectivity index (χ1v) is 5.24. The van der Waals surface area contributed by atoms with Crippen LogP contribution in [-0.2, 0) is 11.2 Å². The monoisotopic (exact) mass is 230 g/mol. The van der Waals surface area contributed by atoms with Crippen LogP contribution in [0.25, 0.3) is 0 Å². The van der Waals surface area contributed by atoms with E-state index in [-0.39, 0.29) is 18.2 Å². The van der Waals surface area contributed by atoms with Crippen LogP contribution in [-0.4, -0.2) is 5.97 Å². The lowest BCUT2D eigenvalue weighted by molar-refractivity contribution is -0.133. The fraction of sp³-hybridized carbons (Fsp3) is 0.0714. The van der Waals surface area contributed by atoms with E-state index in [1.54, 1.807) is 0 Å². The average molecular weight is 230 g/mol. The molecule has 0 atom stereocenters. The summed E-state index contributed by atoms with van der Waals surface area (Å²) >= 11 is 0. The predicted molar refractivity (Wildman–Crippen MR) is 62.2 cm³/mol. The second-order valence-electron chi connectivity index (χ2n) is 3.59. The van der Waals surface area contributed by atoms with Crippen LogP contribution in [0.4, 0.5) is 4.39 Å². The molecule has 0 unspecified atom stereocenters. The van der Waals surface area contributed by atoms with E-state index < -0.39 is 0 Å². The van der Waals surface area contributed by atoms with Gasteiger partial charge in [-0.3, -0.25) is 4.79 Å². The maximum atomic E-state index is 12.6. The summed E-state index contributed by atoms with van der Waals surface area (Å²) < 4.78 is 17.7. The van der Waals surface area contributed by atoms with Gasteiger partial charge in [-0.25, -0.2) is 4.39 Å². The first-order chi connectivity index (χ1) is 8.24. The van der Waals surface area contributed by atoms with Crippen molar-refractivity contribution in [2.45, 2.75) is 6.42 Å². The number of rotatable bonds is 3. The Balaban J connectivity index is 1.96. The SMILES string of the molecule is O=C(Cc1ccccc1)Oc1ccc(F)cc1. The van der Waals surface area contributed by atoms with Gasteiger partial charge in [0.25, 0.3) is 0 Å². The molecule has 0 N–H and O–H groups in total. The molecule has 0 heterocycles. The highest BCUT2D eigenvalue weighted by atomic mass is 19.1. The van der Waals surface area contributed by atoms with Crippen molar-refractivity contribution in [1.82, 2.24) is 0 Å². The van der Waals surface area contributed by atoms with Gasteiger partial charge in [0.2, 0.25) is 0 Å². The van der Waals surface area contributed by atoms with Crippen LogP contribution >= 0.6 is 0 Å².